The first-order valence-corrected chi connectivity index (χ1v) is 4.61. The summed E-state index contributed by atoms with van der Waals surface area (Å²) in [5, 5.41) is 0. The smallest absolute Gasteiger partial charge is 0.0202 e. The van der Waals surface area contributed by atoms with Gasteiger partial charge in [0.05, 0.1) is 0 Å². The first kappa shape index (κ1) is 8.58. The zero-order chi connectivity index (χ0) is 8.10. The van der Waals surface area contributed by atoms with E-state index in [0.29, 0.717) is 0 Å². The minimum absolute atomic E-state index is 0.784. The minimum atomic E-state index is 0.784. The number of allylic oxidation sites excluding steroid dienone is 4. The molecule has 0 N–H and O–H groups in total. The van der Waals surface area contributed by atoms with Crippen LogP contribution in [0.4, 0.5) is 0 Å². The number of hydrogen-bond acceptors (Lipinski definition) is 0. The minimum Gasteiger partial charge on any atom is -0.0811 e. The highest BCUT2D eigenvalue weighted by atomic mass is 14.2. The van der Waals surface area contributed by atoms with Gasteiger partial charge >= 0.3 is 0 Å². The lowest BCUT2D eigenvalue weighted by Gasteiger charge is -2.19. The van der Waals surface area contributed by atoms with Gasteiger partial charge in [-0.15, -0.1) is 0 Å². The van der Waals surface area contributed by atoms with E-state index in [9.17, 15) is 0 Å². The molecule has 0 amide bonds. The molecule has 0 aliphatic heterocycles. The van der Waals surface area contributed by atoms with Gasteiger partial charge in [-0.1, -0.05) is 38.5 Å². The summed E-state index contributed by atoms with van der Waals surface area (Å²) in [6.07, 6.45) is 13.5. The highest BCUT2D eigenvalue weighted by molar-refractivity contribution is 5.06. The molecule has 0 heteroatoms. The van der Waals surface area contributed by atoms with E-state index >= 15 is 0 Å². The van der Waals surface area contributed by atoms with Crippen LogP contribution >= 0.6 is 0 Å². The molecule has 0 bridgehead atoms. The van der Waals surface area contributed by atoms with Crippen LogP contribution in [0.25, 0.3) is 0 Å². The van der Waals surface area contributed by atoms with Crippen molar-refractivity contribution in [2.75, 3.05) is 0 Å². The zero-order valence-corrected chi connectivity index (χ0v) is 7.51. The fourth-order valence-corrected chi connectivity index (χ4v) is 1.71. The van der Waals surface area contributed by atoms with Crippen LogP contribution in [0.2, 0.25) is 0 Å². The fraction of sp³-hybridized carbons (Fsp3) is 0.636. The van der Waals surface area contributed by atoms with Gasteiger partial charge < -0.3 is 0 Å². The molecule has 1 radical (unpaired) electrons. The van der Waals surface area contributed by atoms with Crippen LogP contribution in [0.3, 0.4) is 0 Å². The summed E-state index contributed by atoms with van der Waals surface area (Å²) in [5.41, 5.74) is 0. The maximum absolute atomic E-state index is 3.30. The van der Waals surface area contributed by atoms with E-state index in [-0.39, 0.29) is 0 Å². The van der Waals surface area contributed by atoms with E-state index in [1.165, 1.54) is 12.8 Å². The van der Waals surface area contributed by atoms with E-state index in [4.69, 9.17) is 0 Å². The van der Waals surface area contributed by atoms with Crippen molar-refractivity contribution in [3.63, 3.8) is 0 Å². The van der Waals surface area contributed by atoms with Gasteiger partial charge in [-0.05, 0) is 30.8 Å². The van der Waals surface area contributed by atoms with Crippen LogP contribution in [0.15, 0.2) is 18.2 Å². The average molecular weight is 149 g/mol. The molecule has 0 nitrogen and oxygen atoms in total. The van der Waals surface area contributed by atoms with Gasteiger partial charge in [-0.2, -0.15) is 0 Å². The predicted molar refractivity (Wildman–Crippen MR) is 49.1 cm³/mol. The lowest BCUT2D eigenvalue weighted by molar-refractivity contribution is 0.375. The Morgan fingerprint density at radius 2 is 2.18 bits per heavy atom. The second-order valence-electron chi connectivity index (χ2n) is 3.20. The van der Waals surface area contributed by atoms with Crippen molar-refractivity contribution in [1.29, 1.82) is 0 Å². The summed E-state index contributed by atoms with van der Waals surface area (Å²) in [6.45, 7) is 4.54. The molecular formula is C11H17. The van der Waals surface area contributed by atoms with E-state index in [2.05, 4.69) is 38.2 Å². The highest BCUT2D eigenvalue weighted by Crippen LogP contribution is 2.25. The van der Waals surface area contributed by atoms with Crippen molar-refractivity contribution >= 4 is 0 Å². The van der Waals surface area contributed by atoms with Crippen molar-refractivity contribution in [3.05, 3.63) is 24.3 Å². The molecule has 0 spiro atoms. The quantitative estimate of drug-likeness (QED) is 0.564. The Morgan fingerprint density at radius 1 is 1.36 bits per heavy atom. The molecule has 11 heavy (non-hydrogen) atoms. The van der Waals surface area contributed by atoms with Gasteiger partial charge in [0.25, 0.3) is 0 Å². The van der Waals surface area contributed by atoms with Gasteiger partial charge in [-0.3, -0.25) is 0 Å². The summed E-state index contributed by atoms with van der Waals surface area (Å²) < 4.78 is 0. The Balaban J connectivity index is 2.59. The molecule has 61 valence electrons. The molecule has 0 aromatic heterocycles. The molecule has 2 unspecified atom stereocenters. The Bertz CT molecular complexity index is 153. The Kier molecular flexibility index (Phi) is 3.41. The van der Waals surface area contributed by atoms with Crippen LogP contribution in [0, 0.1) is 17.9 Å². The summed E-state index contributed by atoms with van der Waals surface area (Å²) in [6, 6.07) is 0. The van der Waals surface area contributed by atoms with Crippen molar-refractivity contribution in [2.45, 2.75) is 33.1 Å². The molecule has 0 heterocycles. The molecule has 0 fully saturated rings. The molecule has 1 aliphatic carbocycles. The Labute approximate surface area is 70.0 Å². The lowest BCUT2D eigenvalue weighted by Crippen LogP contribution is -2.09. The van der Waals surface area contributed by atoms with Crippen LogP contribution in [-0.2, 0) is 0 Å². The van der Waals surface area contributed by atoms with E-state index < -0.39 is 0 Å². The number of rotatable bonds is 2. The molecule has 1 rings (SSSR count). The van der Waals surface area contributed by atoms with Gasteiger partial charge in [-0.25, -0.2) is 0 Å². The maximum atomic E-state index is 3.30. The molecule has 2 atom stereocenters. The standard InChI is InChI=1S/C11H17/c1-3-10-8-6-5-7-9-11(10)4-2/h5-6,8,10-11H,3-4,9H2,1-2H3. The fourth-order valence-electron chi connectivity index (χ4n) is 1.71. The third kappa shape index (κ3) is 2.21. The monoisotopic (exact) mass is 149 g/mol. The van der Waals surface area contributed by atoms with E-state index in [1.54, 1.807) is 0 Å². The molecule has 0 aromatic carbocycles. The summed E-state index contributed by atoms with van der Waals surface area (Å²) in [7, 11) is 0. The third-order valence-corrected chi connectivity index (χ3v) is 2.55. The second kappa shape index (κ2) is 4.38. The van der Waals surface area contributed by atoms with Gasteiger partial charge in [0.1, 0.15) is 0 Å². The van der Waals surface area contributed by atoms with E-state index in [0.717, 1.165) is 18.3 Å². The van der Waals surface area contributed by atoms with Crippen LogP contribution < -0.4 is 0 Å². The van der Waals surface area contributed by atoms with Crippen molar-refractivity contribution < 1.29 is 0 Å². The lowest BCUT2D eigenvalue weighted by atomic mass is 9.86. The largest absolute Gasteiger partial charge is 0.0811 e. The highest BCUT2D eigenvalue weighted by Gasteiger charge is 2.14. The second-order valence-corrected chi connectivity index (χ2v) is 3.20. The average Bonchev–Trinajstić information content (AvgIpc) is 2.27. The first-order valence-electron chi connectivity index (χ1n) is 4.61. The van der Waals surface area contributed by atoms with Gasteiger partial charge in [0.2, 0.25) is 0 Å². The molecule has 0 aromatic rings. The Morgan fingerprint density at radius 3 is 2.82 bits per heavy atom. The SMILES string of the molecule is CCC1C=CC=[C]CC1CC. The topological polar surface area (TPSA) is 0 Å². The van der Waals surface area contributed by atoms with Crippen molar-refractivity contribution in [3.8, 4) is 0 Å². The zero-order valence-electron chi connectivity index (χ0n) is 7.51. The van der Waals surface area contributed by atoms with E-state index in [1.807, 2.05) is 0 Å². The van der Waals surface area contributed by atoms with Crippen LogP contribution in [0.1, 0.15) is 33.1 Å². The van der Waals surface area contributed by atoms with Gasteiger partial charge in [0.15, 0.2) is 0 Å². The summed E-state index contributed by atoms with van der Waals surface area (Å²) in [4.78, 5) is 0. The molecule has 0 saturated heterocycles. The number of hydrogen-bond donors (Lipinski definition) is 0. The summed E-state index contributed by atoms with van der Waals surface area (Å²) >= 11 is 0. The Hall–Kier alpha value is -0.520. The predicted octanol–water partition coefficient (Wildman–Crippen LogP) is 3.36. The van der Waals surface area contributed by atoms with Crippen molar-refractivity contribution in [1.82, 2.24) is 0 Å². The summed E-state index contributed by atoms with van der Waals surface area (Å²) in [5.74, 6) is 1.61. The first-order chi connectivity index (χ1) is 5.38. The molecular weight excluding hydrogens is 132 g/mol. The normalized spacial score (nSPS) is 30.4. The van der Waals surface area contributed by atoms with Crippen LogP contribution in [0.5, 0.6) is 0 Å². The third-order valence-electron chi connectivity index (χ3n) is 2.55. The molecule has 1 aliphatic rings. The molecule has 0 saturated carbocycles. The van der Waals surface area contributed by atoms with Gasteiger partial charge in [0, 0.05) is 0 Å². The maximum Gasteiger partial charge on any atom is -0.0202 e. The van der Waals surface area contributed by atoms with Crippen LogP contribution in [-0.4, -0.2) is 0 Å². The van der Waals surface area contributed by atoms with Crippen molar-refractivity contribution in [2.24, 2.45) is 11.8 Å².